The first kappa shape index (κ1) is 13.1. The van der Waals surface area contributed by atoms with Gasteiger partial charge in [0.2, 0.25) is 0 Å². The maximum absolute atomic E-state index is 5.78. The lowest BCUT2D eigenvalue weighted by Gasteiger charge is -2.07. The largest absolute Gasteiger partial charge is 0.383 e. The van der Waals surface area contributed by atoms with Crippen molar-refractivity contribution in [3.05, 3.63) is 41.4 Å². The van der Waals surface area contributed by atoms with E-state index in [0.717, 1.165) is 35.9 Å². The Morgan fingerprint density at radius 2 is 2.00 bits per heavy atom. The Bertz CT molecular complexity index is 321. The molecule has 0 aliphatic carbocycles. The standard InChI is InChI=1S/C13H18ClNO/c1-11(2)7-9-16-10-8-15-13-5-3-12(14)4-6-13/h3-6,15H,1,7-10H2,2H3. The highest BCUT2D eigenvalue weighted by Crippen LogP contribution is 2.12. The molecule has 0 heterocycles. The number of hydrogen-bond acceptors (Lipinski definition) is 2. The van der Waals surface area contributed by atoms with Gasteiger partial charge >= 0.3 is 0 Å². The number of benzene rings is 1. The minimum atomic E-state index is 0.704. The molecule has 0 spiro atoms. The third kappa shape index (κ3) is 5.79. The Hall–Kier alpha value is -0.990. The molecular formula is C13H18ClNO. The van der Waals surface area contributed by atoms with Crippen molar-refractivity contribution in [1.82, 2.24) is 0 Å². The molecule has 1 aromatic carbocycles. The van der Waals surface area contributed by atoms with Gasteiger partial charge in [0.25, 0.3) is 0 Å². The Kier molecular flexibility index (Phi) is 5.98. The lowest BCUT2D eigenvalue weighted by atomic mass is 10.3. The van der Waals surface area contributed by atoms with E-state index in [9.17, 15) is 0 Å². The summed E-state index contributed by atoms with van der Waals surface area (Å²) in [7, 11) is 0. The summed E-state index contributed by atoms with van der Waals surface area (Å²) in [4.78, 5) is 0. The second-order valence-electron chi connectivity index (χ2n) is 3.75. The van der Waals surface area contributed by atoms with Crippen molar-refractivity contribution < 1.29 is 4.74 Å². The first-order valence-electron chi connectivity index (χ1n) is 5.40. The third-order valence-electron chi connectivity index (χ3n) is 2.09. The molecule has 3 heteroatoms. The Labute approximate surface area is 102 Å². The quantitative estimate of drug-likeness (QED) is 0.578. The summed E-state index contributed by atoms with van der Waals surface area (Å²) < 4.78 is 5.44. The van der Waals surface area contributed by atoms with Crippen molar-refractivity contribution in [2.75, 3.05) is 25.1 Å². The summed E-state index contributed by atoms with van der Waals surface area (Å²) in [6.45, 7) is 8.09. The van der Waals surface area contributed by atoms with Crippen LogP contribution in [0.2, 0.25) is 5.02 Å². The summed E-state index contributed by atoms with van der Waals surface area (Å²) in [6.07, 6.45) is 0.931. The van der Waals surface area contributed by atoms with E-state index in [1.165, 1.54) is 0 Å². The van der Waals surface area contributed by atoms with Crippen molar-refractivity contribution >= 4 is 17.3 Å². The van der Waals surface area contributed by atoms with Crippen LogP contribution in [0.4, 0.5) is 5.69 Å². The van der Waals surface area contributed by atoms with Crippen molar-refractivity contribution in [3.8, 4) is 0 Å². The molecule has 0 saturated carbocycles. The average Bonchev–Trinajstić information content (AvgIpc) is 2.25. The van der Waals surface area contributed by atoms with E-state index in [2.05, 4.69) is 11.9 Å². The summed E-state index contributed by atoms with van der Waals surface area (Å²) in [6, 6.07) is 7.64. The number of halogens is 1. The van der Waals surface area contributed by atoms with Crippen LogP contribution in [0.3, 0.4) is 0 Å². The van der Waals surface area contributed by atoms with Crippen LogP contribution < -0.4 is 5.32 Å². The lowest BCUT2D eigenvalue weighted by Crippen LogP contribution is -2.09. The van der Waals surface area contributed by atoms with Crippen LogP contribution in [0.15, 0.2) is 36.4 Å². The summed E-state index contributed by atoms with van der Waals surface area (Å²) in [5, 5.41) is 4.01. The molecule has 0 aliphatic rings. The highest BCUT2D eigenvalue weighted by Gasteiger charge is 1.92. The van der Waals surface area contributed by atoms with Gasteiger partial charge in [0.05, 0.1) is 13.2 Å². The van der Waals surface area contributed by atoms with Gasteiger partial charge in [-0.3, -0.25) is 0 Å². The van der Waals surface area contributed by atoms with E-state index in [0.29, 0.717) is 6.61 Å². The summed E-state index contributed by atoms with van der Waals surface area (Å²) in [5.41, 5.74) is 2.22. The van der Waals surface area contributed by atoms with E-state index in [1.54, 1.807) is 0 Å². The van der Waals surface area contributed by atoms with Gasteiger partial charge in [-0.05, 0) is 37.6 Å². The number of anilines is 1. The van der Waals surface area contributed by atoms with Gasteiger partial charge in [-0.1, -0.05) is 17.2 Å². The molecular weight excluding hydrogens is 222 g/mol. The van der Waals surface area contributed by atoms with Gasteiger partial charge in [0.15, 0.2) is 0 Å². The average molecular weight is 240 g/mol. The van der Waals surface area contributed by atoms with Crippen LogP contribution in [0, 0.1) is 0 Å². The van der Waals surface area contributed by atoms with Crippen LogP contribution in [0.5, 0.6) is 0 Å². The van der Waals surface area contributed by atoms with Crippen molar-refractivity contribution in [3.63, 3.8) is 0 Å². The van der Waals surface area contributed by atoms with E-state index in [1.807, 2.05) is 31.2 Å². The molecule has 0 aromatic heterocycles. The predicted molar refractivity (Wildman–Crippen MR) is 70.2 cm³/mol. The van der Waals surface area contributed by atoms with Crippen LogP contribution in [-0.4, -0.2) is 19.8 Å². The molecule has 88 valence electrons. The molecule has 0 radical (unpaired) electrons. The fraction of sp³-hybridized carbons (Fsp3) is 0.385. The molecule has 2 nitrogen and oxygen atoms in total. The van der Waals surface area contributed by atoms with Gasteiger partial charge in [0.1, 0.15) is 0 Å². The normalized spacial score (nSPS) is 10.1. The maximum atomic E-state index is 5.78. The summed E-state index contributed by atoms with van der Waals surface area (Å²) >= 11 is 5.78. The van der Waals surface area contributed by atoms with Crippen molar-refractivity contribution in [1.29, 1.82) is 0 Å². The molecule has 0 atom stereocenters. The van der Waals surface area contributed by atoms with Gasteiger partial charge in [-0.15, -0.1) is 6.58 Å². The maximum Gasteiger partial charge on any atom is 0.0639 e. The van der Waals surface area contributed by atoms with Crippen molar-refractivity contribution in [2.24, 2.45) is 0 Å². The molecule has 1 N–H and O–H groups in total. The molecule has 0 aliphatic heterocycles. The summed E-state index contributed by atoms with van der Waals surface area (Å²) in [5.74, 6) is 0. The number of ether oxygens (including phenoxy) is 1. The molecule has 1 aromatic rings. The second kappa shape index (κ2) is 7.31. The smallest absolute Gasteiger partial charge is 0.0639 e. The van der Waals surface area contributed by atoms with Crippen LogP contribution in [0.1, 0.15) is 13.3 Å². The van der Waals surface area contributed by atoms with E-state index >= 15 is 0 Å². The molecule has 0 fully saturated rings. The molecule has 16 heavy (non-hydrogen) atoms. The van der Waals surface area contributed by atoms with E-state index < -0.39 is 0 Å². The lowest BCUT2D eigenvalue weighted by molar-refractivity contribution is 0.147. The molecule has 1 rings (SSSR count). The van der Waals surface area contributed by atoms with Gasteiger partial charge in [0, 0.05) is 17.3 Å². The zero-order valence-electron chi connectivity index (χ0n) is 9.63. The number of nitrogens with one attached hydrogen (secondary N) is 1. The molecule has 0 bridgehead atoms. The van der Waals surface area contributed by atoms with Crippen LogP contribution >= 0.6 is 11.6 Å². The fourth-order valence-corrected chi connectivity index (χ4v) is 1.31. The minimum absolute atomic E-state index is 0.704. The predicted octanol–water partition coefficient (Wildman–Crippen LogP) is 3.73. The number of rotatable bonds is 7. The molecule has 0 amide bonds. The second-order valence-corrected chi connectivity index (χ2v) is 4.19. The first-order valence-corrected chi connectivity index (χ1v) is 5.78. The highest BCUT2D eigenvalue weighted by molar-refractivity contribution is 6.30. The monoisotopic (exact) mass is 239 g/mol. The molecule has 0 unspecified atom stereocenters. The minimum Gasteiger partial charge on any atom is -0.383 e. The zero-order valence-corrected chi connectivity index (χ0v) is 10.4. The van der Waals surface area contributed by atoms with Gasteiger partial charge in [-0.25, -0.2) is 0 Å². The Morgan fingerprint density at radius 1 is 1.31 bits per heavy atom. The Morgan fingerprint density at radius 3 is 2.62 bits per heavy atom. The SMILES string of the molecule is C=C(C)CCOCCNc1ccc(Cl)cc1. The van der Waals surface area contributed by atoms with Crippen LogP contribution in [-0.2, 0) is 4.74 Å². The van der Waals surface area contributed by atoms with Crippen molar-refractivity contribution in [2.45, 2.75) is 13.3 Å². The first-order chi connectivity index (χ1) is 7.68. The van der Waals surface area contributed by atoms with Gasteiger partial charge in [-0.2, -0.15) is 0 Å². The van der Waals surface area contributed by atoms with E-state index in [4.69, 9.17) is 16.3 Å². The fourth-order valence-electron chi connectivity index (χ4n) is 1.18. The zero-order chi connectivity index (χ0) is 11.8. The molecule has 0 saturated heterocycles. The van der Waals surface area contributed by atoms with E-state index in [-0.39, 0.29) is 0 Å². The third-order valence-corrected chi connectivity index (χ3v) is 2.34. The Balaban J connectivity index is 2.07. The number of hydrogen-bond donors (Lipinski definition) is 1. The van der Waals surface area contributed by atoms with Crippen LogP contribution in [0.25, 0.3) is 0 Å². The van der Waals surface area contributed by atoms with Gasteiger partial charge < -0.3 is 10.1 Å². The highest BCUT2D eigenvalue weighted by atomic mass is 35.5. The topological polar surface area (TPSA) is 21.3 Å².